The lowest BCUT2D eigenvalue weighted by Gasteiger charge is -2.12. The van der Waals surface area contributed by atoms with Crippen LogP contribution in [0.15, 0.2) is 18.2 Å². The van der Waals surface area contributed by atoms with Crippen LogP contribution in [0.1, 0.15) is 12.0 Å². The van der Waals surface area contributed by atoms with Gasteiger partial charge in [-0.15, -0.1) is 0 Å². The quantitative estimate of drug-likeness (QED) is 0.651. The predicted octanol–water partition coefficient (Wildman–Crippen LogP) is 0.685. The fraction of sp³-hybridized carbons (Fsp3) is 0.500. The number of carbonyl (C=O) groups is 1. The van der Waals surface area contributed by atoms with E-state index in [1.54, 1.807) is 32.4 Å². The summed E-state index contributed by atoms with van der Waals surface area (Å²) in [5.41, 5.74) is 6.45. The molecular formula is C14H22N2O4. The lowest BCUT2D eigenvalue weighted by Crippen LogP contribution is -2.30. The Morgan fingerprint density at radius 2 is 2.15 bits per heavy atom. The Balaban J connectivity index is 2.42. The van der Waals surface area contributed by atoms with Gasteiger partial charge in [0.15, 0.2) is 6.61 Å². The van der Waals surface area contributed by atoms with E-state index in [4.69, 9.17) is 19.9 Å². The van der Waals surface area contributed by atoms with Crippen molar-refractivity contribution in [2.75, 3.05) is 34.0 Å². The summed E-state index contributed by atoms with van der Waals surface area (Å²) < 4.78 is 15.5. The molecule has 1 rings (SSSR count). The van der Waals surface area contributed by atoms with Crippen molar-refractivity contribution in [2.24, 2.45) is 5.73 Å². The minimum absolute atomic E-state index is 0.0354. The third kappa shape index (κ3) is 5.46. The number of hydrogen-bond donors (Lipinski definition) is 2. The van der Waals surface area contributed by atoms with Gasteiger partial charge in [-0.3, -0.25) is 4.79 Å². The molecule has 0 fully saturated rings. The monoisotopic (exact) mass is 282 g/mol. The number of rotatable bonds is 9. The molecule has 1 aromatic rings. The molecule has 0 aliphatic heterocycles. The highest BCUT2D eigenvalue weighted by Crippen LogP contribution is 2.23. The lowest BCUT2D eigenvalue weighted by molar-refractivity contribution is -0.123. The molecule has 1 amide bonds. The van der Waals surface area contributed by atoms with E-state index in [2.05, 4.69) is 5.32 Å². The van der Waals surface area contributed by atoms with E-state index >= 15 is 0 Å². The molecule has 0 aliphatic carbocycles. The third-order valence-electron chi connectivity index (χ3n) is 2.69. The van der Waals surface area contributed by atoms with E-state index in [1.165, 1.54) is 0 Å². The zero-order valence-corrected chi connectivity index (χ0v) is 12.0. The van der Waals surface area contributed by atoms with Crippen molar-refractivity contribution in [1.29, 1.82) is 0 Å². The second-order valence-electron chi connectivity index (χ2n) is 4.16. The van der Waals surface area contributed by atoms with Crippen LogP contribution in [0.25, 0.3) is 0 Å². The molecule has 0 saturated heterocycles. The largest absolute Gasteiger partial charge is 0.497 e. The lowest BCUT2D eigenvalue weighted by atomic mass is 10.2. The van der Waals surface area contributed by atoms with Gasteiger partial charge in [-0.25, -0.2) is 0 Å². The molecule has 6 nitrogen and oxygen atoms in total. The fourth-order valence-electron chi connectivity index (χ4n) is 1.62. The Hall–Kier alpha value is -1.79. The van der Waals surface area contributed by atoms with Gasteiger partial charge < -0.3 is 25.3 Å². The molecule has 6 heteroatoms. The van der Waals surface area contributed by atoms with E-state index in [0.717, 1.165) is 12.0 Å². The van der Waals surface area contributed by atoms with E-state index < -0.39 is 0 Å². The number of benzene rings is 1. The van der Waals surface area contributed by atoms with Gasteiger partial charge in [-0.1, -0.05) is 0 Å². The van der Waals surface area contributed by atoms with Crippen LogP contribution in [0.3, 0.4) is 0 Å². The first-order chi connectivity index (χ1) is 9.71. The minimum Gasteiger partial charge on any atom is -0.497 e. The summed E-state index contributed by atoms with van der Waals surface area (Å²) in [5, 5.41) is 2.75. The SMILES string of the molecule is COCCCNC(=O)COc1ccc(OC)cc1CN. The van der Waals surface area contributed by atoms with Crippen molar-refractivity contribution in [3.05, 3.63) is 23.8 Å². The number of ether oxygens (including phenoxy) is 3. The molecule has 0 unspecified atom stereocenters. The van der Waals surface area contributed by atoms with Crippen molar-refractivity contribution in [3.8, 4) is 11.5 Å². The number of methoxy groups -OCH3 is 2. The second kappa shape index (κ2) is 9.17. The maximum Gasteiger partial charge on any atom is 0.257 e. The van der Waals surface area contributed by atoms with E-state index in [9.17, 15) is 4.79 Å². The van der Waals surface area contributed by atoms with Gasteiger partial charge in [-0.05, 0) is 24.6 Å². The molecule has 0 heterocycles. The van der Waals surface area contributed by atoms with Gasteiger partial charge in [0.2, 0.25) is 0 Å². The number of hydrogen-bond acceptors (Lipinski definition) is 5. The Bertz CT molecular complexity index is 424. The highest BCUT2D eigenvalue weighted by molar-refractivity contribution is 5.77. The summed E-state index contributed by atoms with van der Waals surface area (Å²) in [6.07, 6.45) is 0.777. The van der Waals surface area contributed by atoms with Crippen LogP contribution in [0.2, 0.25) is 0 Å². The minimum atomic E-state index is -0.167. The van der Waals surface area contributed by atoms with Crippen LogP contribution in [0, 0.1) is 0 Å². The topological polar surface area (TPSA) is 82.8 Å². The molecule has 0 aromatic heterocycles. The van der Waals surface area contributed by atoms with Crippen LogP contribution < -0.4 is 20.5 Å². The smallest absolute Gasteiger partial charge is 0.257 e. The zero-order valence-electron chi connectivity index (χ0n) is 12.0. The summed E-state index contributed by atoms with van der Waals surface area (Å²) in [5.74, 6) is 1.14. The fourth-order valence-corrected chi connectivity index (χ4v) is 1.62. The maximum atomic E-state index is 11.6. The third-order valence-corrected chi connectivity index (χ3v) is 2.69. The standard InChI is InChI=1S/C14H22N2O4/c1-18-7-3-6-16-14(17)10-20-13-5-4-12(19-2)8-11(13)9-15/h4-5,8H,3,6-7,9-10,15H2,1-2H3,(H,16,17). The number of nitrogens with one attached hydrogen (secondary N) is 1. The van der Waals surface area contributed by atoms with Crippen LogP contribution in [0.5, 0.6) is 11.5 Å². The van der Waals surface area contributed by atoms with Gasteiger partial charge in [0.1, 0.15) is 11.5 Å². The normalized spacial score (nSPS) is 10.2. The molecule has 0 atom stereocenters. The zero-order chi connectivity index (χ0) is 14.8. The van der Waals surface area contributed by atoms with E-state index in [-0.39, 0.29) is 12.5 Å². The van der Waals surface area contributed by atoms with Crippen molar-refractivity contribution in [2.45, 2.75) is 13.0 Å². The maximum absolute atomic E-state index is 11.6. The molecule has 0 aliphatic rings. The number of nitrogens with two attached hydrogens (primary N) is 1. The number of carbonyl (C=O) groups excluding carboxylic acids is 1. The van der Waals surface area contributed by atoms with Gasteiger partial charge in [-0.2, -0.15) is 0 Å². The van der Waals surface area contributed by atoms with Crippen molar-refractivity contribution >= 4 is 5.91 Å². The van der Waals surface area contributed by atoms with E-state index in [0.29, 0.717) is 31.2 Å². The predicted molar refractivity (Wildman–Crippen MR) is 75.9 cm³/mol. The first kappa shape index (κ1) is 16.3. The molecule has 0 saturated carbocycles. The Morgan fingerprint density at radius 1 is 1.35 bits per heavy atom. The van der Waals surface area contributed by atoms with Gasteiger partial charge in [0.25, 0.3) is 5.91 Å². The summed E-state index contributed by atoms with van der Waals surface area (Å²) in [6.45, 7) is 1.48. The summed E-state index contributed by atoms with van der Waals surface area (Å²) in [7, 11) is 3.21. The first-order valence-electron chi connectivity index (χ1n) is 6.46. The average Bonchev–Trinajstić information content (AvgIpc) is 2.49. The Labute approximate surface area is 119 Å². The van der Waals surface area contributed by atoms with Crippen molar-refractivity contribution in [1.82, 2.24) is 5.32 Å². The molecule has 0 spiro atoms. The highest BCUT2D eigenvalue weighted by Gasteiger charge is 2.07. The highest BCUT2D eigenvalue weighted by atomic mass is 16.5. The molecule has 0 bridgehead atoms. The van der Waals surface area contributed by atoms with Crippen molar-refractivity contribution < 1.29 is 19.0 Å². The summed E-state index contributed by atoms with van der Waals surface area (Å²) in [4.78, 5) is 11.6. The molecule has 1 aromatic carbocycles. The summed E-state index contributed by atoms with van der Waals surface area (Å²) >= 11 is 0. The van der Waals surface area contributed by atoms with Gasteiger partial charge in [0, 0.05) is 32.4 Å². The van der Waals surface area contributed by atoms with Crippen LogP contribution in [-0.4, -0.2) is 39.9 Å². The van der Waals surface area contributed by atoms with E-state index in [1.807, 2.05) is 0 Å². The van der Waals surface area contributed by atoms with Gasteiger partial charge in [0.05, 0.1) is 7.11 Å². The second-order valence-corrected chi connectivity index (χ2v) is 4.16. The van der Waals surface area contributed by atoms with Crippen LogP contribution in [0.4, 0.5) is 0 Å². The Morgan fingerprint density at radius 3 is 2.80 bits per heavy atom. The van der Waals surface area contributed by atoms with Crippen molar-refractivity contribution in [3.63, 3.8) is 0 Å². The molecule has 3 N–H and O–H groups in total. The molecule has 20 heavy (non-hydrogen) atoms. The molecule has 0 radical (unpaired) electrons. The van der Waals surface area contributed by atoms with Gasteiger partial charge >= 0.3 is 0 Å². The summed E-state index contributed by atoms with van der Waals surface area (Å²) in [6, 6.07) is 5.32. The van der Waals surface area contributed by atoms with Crippen LogP contribution >= 0.6 is 0 Å². The number of amides is 1. The average molecular weight is 282 g/mol. The molecule has 112 valence electrons. The molecular weight excluding hydrogens is 260 g/mol. The van der Waals surface area contributed by atoms with Crippen LogP contribution in [-0.2, 0) is 16.1 Å². The Kier molecular flexibility index (Phi) is 7.46. The first-order valence-corrected chi connectivity index (χ1v) is 6.46.